The molecule has 1 aromatic heterocycles. The molecule has 0 spiro atoms. The number of hydrogen-bond donors (Lipinski definition) is 1. The van der Waals surface area contributed by atoms with Crippen molar-refractivity contribution < 1.29 is 5.11 Å². The Morgan fingerprint density at radius 1 is 1.50 bits per heavy atom. The van der Waals surface area contributed by atoms with Gasteiger partial charge in [-0.25, -0.2) is 0 Å². The van der Waals surface area contributed by atoms with E-state index in [0.717, 1.165) is 5.69 Å². The van der Waals surface area contributed by atoms with Crippen molar-refractivity contribution in [1.82, 2.24) is 4.98 Å². The highest BCUT2D eigenvalue weighted by Crippen LogP contribution is 2.05. The minimum absolute atomic E-state index is 0. The van der Waals surface area contributed by atoms with Gasteiger partial charge in [0, 0.05) is 6.20 Å². The van der Waals surface area contributed by atoms with E-state index < -0.39 is 6.10 Å². The van der Waals surface area contributed by atoms with Crippen molar-refractivity contribution in [1.29, 1.82) is 0 Å². The zero-order valence-corrected chi connectivity index (χ0v) is 6.51. The lowest BCUT2D eigenvalue weighted by Crippen LogP contribution is -1.92. The van der Waals surface area contributed by atoms with Crippen LogP contribution in [0.1, 0.15) is 18.7 Å². The van der Waals surface area contributed by atoms with E-state index in [9.17, 15) is 0 Å². The molecule has 1 rings (SSSR count). The summed E-state index contributed by atoms with van der Waals surface area (Å²) < 4.78 is 0. The summed E-state index contributed by atoms with van der Waals surface area (Å²) >= 11 is 0. The first kappa shape index (κ1) is 9.40. The monoisotopic (exact) mass is 159 g/mol. The van der Waals surface area contributed by atoms with Crippen LogP contribution in [0, 0.1) is 0 Å². The summed E-state index contributed by atoms with van der Waals surface area (Å²) in [6.07, 6.45) is 1.22. The summed E-state index contributed by atoms with van der Waals surface area (Å²) in [5.74, 6) is 0. The van der Waals surface area contributed by atoms with E-state index in [1.165, 1.54) is 0 Å². The first-order chi connectivity index (χ1) is 4.30. The molecule has 2 nitrogen and oxygen atoms in total. The van der Waals surface area contributed by atoms with Gasteiger partial charge in [0.1, 0.15) is 0 Å². The summed E-state index contributed by atoms with van der Waals surface area (Å²) in [6, 6.07) is 5.48. The zero-order chi connectivity index (χ0) is 6.69. The predicted octanol–water partition coefficient (Wildman–Crippen LogP) is 1.56. The standard InChI is InChI=1S/C7H9NO.ClH/c1-6(9)7-4-2-3-5-8-7;/h2-6,9H,1H3;1H. The van der Waals surface area contributed by atoms with Gasteiger partial charge in [-0.3, -0.25) is 4.98 Å². The van der Waals surface area contributed by atoms with Crippen molar-refractivity contribution in [3.05, 3.63) is 30.1 Å². The van der Waals surface area contributed by atoms with Gasteiger partial charge in [0.25, 0.3) is 0 Å². The van der Waals surface area contributed by atoms with Crippen LogP contribution >= 0.6 is 12.4 Å². The summed E-state index contributed by atoms with van der Waals surface area (Å²) in [4.78, 5) is 3.93. The molecule has 1 N–H and O–H groups in total. The molecule has 0 aromatic carbocycles. The second kappa shape index (κ2) is 4.25. The smallest absolute Gasteiger partial charge is 0.0931 e. The average Bonchev–Trinajstić information content (AvgIpc) is 1.90. The Kier molecular flexibility index (Phi) is 4.00. The minimum Gasteiger partial charge on any atom is -0.387 e. The van der Waals surface area contributed by atoms with E-state index in [-0.39, 0.29) is 12.4 Å². The first-order valence-electron chi connectivity index (χ1n) is 2.89. The van der Waals surface area contributed by atoms with Crippen LogP contribution in [0.2, 0.25) is 0 Å². The van der Waals surface area contributed by atoms with E-state index in [1.807, 2.05) is 12.1 Å². The highest BCUT2D eigenvalue weighted by atomic mass is 35.5. The molecule has 0 bridgehead atoms. The molecule has 1 unspecified atom stereocenters. The van der Waals surface area contributed by atoms with E-state index in [2.05, 4.69) is 4.98 Å². The van der Waals surface area contributed by atoms with Crippen LogP contribution in [0.25, 0.3) is 0 Å². The molecule has 0 radical (unpaired) electrons. The molecule has 0 saturated heterocycles. The fourth-order valence-electron chi connectivity index (χ4n) is 0.623. The Bertz CT molecular complexity index is 176. The van der Waals surface area contributed by atoms with Gasteiger partial charge in [-0.2, -0.15) is 0 Å². The van der Waals surface area contributed by atoms with Gasteiger partial charge >= 0.3 is 0 Å². The van der Waals surface area contributed by atoms with Crippen molar-refractivity contribution in [2.24, 2.45) is 0 Å². The molecule has 1 aromatic rings. The number of aromatic nitrogens is 1. The van der Waals surface area contributed by atoms with Gasteiger partial charge in [0.2, 0.25) is 0 Å². The van der Waals surface area contributed by atoms with Crippen molar-refractivity contribution in [2.45, 2.75) is 13.0 Å². The Morgan fingerprint density at radius 2 is 2.20 bits per heavy atom. The summed E-state index contributed by atoms with van der Waals surface area (Å²) in [5.41, 5.74) is 0.720. The van der Waals surface area contributed by atoms with E-state index in [1.54, 1.807) is 19.2 Å². The molecule has 56 valence electrons. The van der Waals surface area contributed by atoms with Gasteiger partial charge in [0.05, 0.1) is 11.8 Å². The SMILES string of the molecule is CC(O)c1ccccn1.Cl. The molecule has 1 atom stereocenters. The van der Waals surface area contributed by atoms with Crippen LogP contribution in [-0.2, 0) is 0 Å². The molecule has 0 aliphatic rings. The molecule has 0 saturated carbocycles. The second-order valence-corrected chi connectivity index (χ2v) is 1.93. The fourth-order valence-corrected chi connectivity index (χ4v) is 0.623. The second-order valence-electron chi connectivity index (χ2n) is 1.93. The number of aliphatic hydroxyl groups is 1. The topological polar surface area (TPSA) is 33.1 Å². The normalized spacial score (nSPS) is 11.8. The third-order valence-electron chi connectivity index (χ3n) is 1.12. The largest absolute Gasteiger partial charge is 0.387 e. The van der Waals surface area contributed by atoms with Crippen molar-refractivity contribution >= 4 is 12.4 Å². The van der Waals surface area contributed by atoms with Crippen molar-refractivity contribution in [3.8, 4) is 0 Å². The fraction of sp³-hybridized carbons (Fsp3) is 0.286. The van der Waals surface area contributed by atoms with Crippen molar-refractivity contribution in [2.75, 3.05) is 0 Å². The van der Waals surface area contributed by atoms with Crippen LogP contribution in [-0.4, -0.2) is 10.1 Å². The van der Waals surface area contributed by atoms with Gasteiger partial charge < -0.3 is 5.11 Å². The highest BCUT2D eigenvalue weighted by molar-refractivity contribution is 5.85. The van der Waals surface area contributed by atoms with Crippen LogP contribution in [0.5, 0.6) is 0 Å². The quantitative estimate of drug-likeness (QED) is 0.675. The Hall–Kier alpha value is -0.600. The molecule has 3 heteroatoms. The molecule has 0 aliphatic heterocycles. The number of aliphatic hydroxyl groups excluding tert-OH is 1. The van der Waals surface area contributed by atoms with E-state index in [0.29, 0.717) is 0 Å². The third-order valence-corrected chi connectivity index (χ3v) is 1.12. The Morgan fingerprint density at radius 3 is 2.50 bits per heavy atom. The van der Waals surface area contributed by atoms with Crippen LogP contribution in [0.15, 0.2) is 24.4 Å². The van der Waals surface area contributed by atoms with Crippen LogP contribution in [0.3, 0.4) is 0 Å². The lowest BCUT2D eigenvalue weighted by Gasteiger charge is -1.99. The summed E-state index contributed by atoms with van der Waals surface area (Å²) in [7, 11) is 0. The molecule has 0 fully saturated rings. The average molecular weight is 160 g/mol. The maximum absolute atomic E-state index is 8.96. The number of halogens is 1. The highest BCUT2D eigenvalue weighted by Gasteiger charge is 1.97. The molecular weight excluding hydrogens is 150 g/mol. The summed E-state index contributed by atoms with van der Waals surface area (Å²) in [6.45, 7) is 1.70. The van der Waals surface area contributed by atoms with Crippen LogP contribution in [0.4, 0.5) is 0 Å². The van der Waals surface area contributed by atoms with E-state index in [4.69, 9.17) is 5.11 Å². The lowest BCUT2D eigenvalue weighted by atomic mass is 10.2. The van der Waals surface area contributed by atoms with Gasteiger partial charge in [-0.15, -0.1) is 12.4 Å². The maximum atomic E-state index is 8.96. The summed E-state index contributed by atoms with van der Waals surface area (Å²) in [5, 5.41) is 8.96. The molecular formula is C7H10ClNO. The number of rotatable bonds is 1. The first-order valence-corrected chi connectivity index (χ1v) is 2.89. The van der Waals surface area contributed by atoms with Crippen molar-refractivity contribution in [3.63, 3.8) is 0 Å². The van der Waals surface area contributed by atoms with E-state index >= 15 is 0 Å². The molecule has 0 amide bonds. The zero-order valence-electron chi connectivity index (χ0n) is 5.69. The van der Waals surface area contributed by atoms with Gasteiger partial charge in [-0.05, 0) is 19.1 Å². The maximum Gasteiger partial charge on any atom is 0.0931 e. The molecule has 0 aliphatic carbocycles. The van der Waals surface area contributed by atoms with Crippen LogP contribution < -0.4 is 0 Å². The lowest BCUT2D eigenvalue weighted by molar-refractivity contribution is 0.194. The predicted molar refractivity (Wildman–Crippen MR) is 42.1 cm³/mol. The number of hydrogen-bond acceptors (Lipinski definition) is 2. The number of pyridine rings is 1. The molecule has 1 heterocycles. The Labute approximate surface area is 66.3 Å². The third kappa shape index (κ3) is 2.33. The number of nitrogens with zero attached hydrogens (tertiary/aromatic N) is 1. The van der Waals surface area contributed by atoms with Gasteiger partial charge in [-0.1, -0.05) is 6.07 Å². The van der Waals surface area contributed by atoms with Gasteiger partial charge in [0.15, 0.2) is 0 Å². The Balaban J connectivity index is 0.000000810. The minimum atomic E-state index is -0.453. The molecule has 10 heavy (non-hydrogen) atoms.